The molecule has 0 atom stereocenters. The summed E-state index contributed by atoms with van der Waals surface area (Å²) in [5.41, 5.74) is 1.30. The van der Waals surface area contributed by atoms with Crippen LogP contribution in [0.4, 0.5) is 26.4 Å². The lowest BCUT2D eigenvalue weighted by atomic mass is 10.1. The molecule has 1 fully saturated rings. The van der Waals surface area contributed by atoms with Gasteiger partial charge in [0.05, 0.1) is 6.61 Å². The average Bonchev–Trinajstić information content (AvgIpc) is 2.76. The van der Waals surface area contributed by atoms with E-state index in [1.807, 2.05) is 19.1 Å². The number of carbonyl (C=O) groups excluding carboxylic acids is 1. The number of piperidine rings is 1. The number of benzene rings is 2. The van der Waals surface area contributed by atoms with Crippen molar-refractivity contribution in [1.29, 1.82) is 0 Å². The van der Waals surface area contributed by atoms with Gasteiger partial charge in [-0.1, -0.05) is 0 Å². The molecular weight excluding hydrogens is 383 g/mol. The van der Waals surface area contributed by atoms with Gasteiger partial charge in [-0.05, 0) is 74.7 Å². The number of pyridine rings is 1. The predicted molar refractivity (Wildman–Crippen MR) is 118 cm³/mol. The molecular formula is C23H25FN4O2. The Hall–Kier alpha value is -3.35. The maximum atomic E-state index is 14.7. The number of urea groups is 1. The standard InChI is InChI=1S/C23H25FN4O2/c1-2-30-19-9-7-17(8-10-19)25-23(29)26-18-14-16-6-11-21(27-22(16)20(24)15-18)28-12-4-3-5-13-28/h6-11,14-15H,2-5,12-13H2,1H3,(H2,25,26,29). The van der Waals surface area contributed by atoms with E-state index in [9.17, 15) is 9.18 Å². The van der Waals surface area contributed by atoms with Crippen molar-refractivity contribution in [2.24, 2.45) is 0 Å². The zero-order valence-electron chi connectivity index (χ0n) is 17.0. The van der Waals surface area contributed by atoms with Crippen LogP contribution in [0.1, 0.15) is 26.2 Å². The number of anilines is 3. The van der Waals surface area contributed by atoms with E-state index in [1.165, 1.54) is 12.5 Å². The van der Waals surface area contributed by atoms with E-state index in [2.05, 4.69) is 20.5 Å². The van der Waals surface area contributed by atoms with E-state index in [0.717, 1.165) is 37.5 Å². The molecule has 0 bridgehead atoms. The molecule has 4 rings (SSSR count). The second-order valence-electron chi connectivity index (χ2n) is 7.28. The highest BCUT2D eigenvalue weighted by molar-refractivity contribution is 6.01. The summed E-state index contributed by atoms with van der Waals surface area (Å²) in [6.45, 7) is 4.39. The zero-order valence-corrected chi connectivity index (χ0v) is 17.0. The fraction of sp³-hybridized carbons (Fsp3) is 0.304. The first-order chi connectivity index (χ1) is 14.6. The van der Waals surface area contributed by atoms with Crippen LogP contribution in [0, 0.1) is 5.82 Å². The Balaban J connectivity index is 1.46. The first kappa shape index (κ1) is 19.9. The average molecular weight is 408 g/mol. The number of rotatable bonds is 5. The zero-order chi connectivity index (χ0) is 20.9. The molecule has 1 saturated heterocycles. The Kier molecular flexibility index (Phi) is 5.97. The van der Waals surface area contributed by atoms with Crippen molar-refractivity contribution in [3.8, 4) is 5.75 Å². The first-order valence-corrected chi connectivity index (χ1v) is 10.3. The molecule has 3 aromatic rings. The number of halogens is 1. The van der Waals surface area contributed by atoms with E-state index in [-0.39, 0.29) is 0 Å². The normalized spacial score (nSPS) is 13.9. The van der Waals surface area contributed by atoms with Gasteiger partial charge in [-0.25, -0.2) is 14.2 Å². The minimum atomic E-state index is -0.456. The van der Waals surface area contributed by atoms with Crippen LogP contribution in [-0.2, 0) is 0 Å². The van der Waals surface area contributed by atoms with Crippen LogP contribution in [0.3, 0.4) is 0 Å². The van der Waals surface area contributed by atoms with Gasteiger partial charge in [0, 0.05) is 29.9 Å². The maximum Gasteiger partial charge on any atom is 0.323 e. The molecule has 2 amide bonds. The third kappa shape index (κ3) is 4.62. The van der Waals surface area contributed by atoms with Crippen LogP contribution < -0.4 is 20.3 Å². The third-order valence-corrected chi connectivity index (χ3v) is 5.09. The van der Waals surface area contributed by atoms with Gasteiger partial charge in [0.15, 0.2) is 5.82 Å². The highest BCUT2D eigenvalue weighted by Gasteiger charge is 2.14. The summed E-state index contributed by atoms with van der Waals surface area (Å²) in [5.74, 6) is 1.08. The minimum absolute atomic E-state index is 0.315. The highest BCUT2D eigenvalue weighted by atomic mass is 19.1. The number of hydrogen-bond acceptors (Lipinski definition) is 4. The molecule has 7 heteroatoms. The lowest BCUT2D eigenvalue weighted by molar-refractivity contribution is 0.262. The van der Waals surface area contributed by atoms with Crippen LogP contribution in [0.25, 0.3) is 10.9 Å². The molecule has 156 valence electrons. The van der Waals surface area contributed by atoms with E-state index >= 15 is 0 Å². The van der Waals surface area contributed by atoms with E-state index in [0.29, 0.717) is 28.9 Å². The molecule has 0 radical (unpaired) electrons. The Morgan fingerprint density at radius 2 is 1.77 bits per heavy atom. The van der Waals surface area contributed by atoms with E-state index < -0.39 is 11.8 Å². The summed E-state index contributed by atoms with van der Waals surface area (Å²) in [5, 5.41) is 6.06. The summed E-state index contributed by atoms with van der Waals surface area (Å²) < 4.78 is 20.1. The fourth-order valence-corrected chi connectivity index (χ4v) is 3.65. The largest absolute Gasteiger partial charge is 0.494 e. The number of fused-ring (bicyclic) bond motifs is 1. The molecule has 2 N–H and O–H groups in total. The Morgan fingerprint density at radius 1 is 1.03 bits per heavy atom. The topological polar surface area (TPSA) is 66.5 Å². The number of carbonyl (C=O) groups is 1. The van der Waals surface area contributed by atoms with Gasteiger partial charge in [0.2, 0.25) is 0 Å². The van der Waals surface area contributed by atoms with Gasteiger partial charge >= 0.3 is 6.03 Å². The van der Waals surface area contributed by atoms with Crippen molar-refractivity contribution in [3.63, 3.8) is 0 Å². The van der Waals surface area contributed by atoms with Crippen LogP contribution in [0.2, 0.25) is 0 Å². The summed E-state index contributed by atoms with van der Waals surface area (Å²) in [6, 6.07) is 13.4. The molecule has 0 spiro atoms. The van der Waals surface area contributed by atoms with Crippen molar-refractivity contribution < 1.29 is 13.9 Å². The van der Waals surface area contributed by atoms with Crippen LogP contribution in [0.15, 0.2) is 48.5 Å². The SMILES string of the molecule is CCOc1ccc(NC(=O)Nc2cc(F)c3nc(N4CCCCC4)ccc3c2)cc1. The quantitative estimate of drug-likeness (QED) is 0.593. The van der Waals surface area contributed by atoms with Gasteiger partial charge < -0.3 is 20.3 Å². The number of nitrogens with one attached hydrogen (secondary N) is 2. The first-order valence-electron chi connectivity index (χ1n) is 10.3. The monoisotopic (exact) mass is 408 g/mol. The van der Waals surface area contributed by atoms with Crippen LogP contribution in [0.5, 0.6) is 5.75 Å². The minimum Gasteiger partial charge on any atom is -0.494 e. The van der Waals surface area contributed by atoms with E-state index in [4.69, 9.17) is 4.74 Å². The molecule has 2 heterocycles. The van der Waals surface area contributed by atoms with Crippen molar-refractivity contribution in [1.82, 2.24) is 4.98 Å². The predicted octanol–water partition coefficient (Wildman–Crippen LogP) is 5.41. The lowest BCUT2D eigenvalue weighted by Crippen LogP contribution is -2.30. The van der Waals surface area contributed by atoms with Gasteiger partial charge in [-0.2, -0.15) is 0 Å². The molecule has 30 heavy (non-hydrogen) atoms. The van der Waals surface area contributed by atoms with Gasteiger partial charge in [-0.3, -0.25) is 0 Å². The molecule has 0 saturated carbocycles. The molecule has 0 unspecified atom stereocenters. The van der Waals surface area contributed by atoms with Crippen molar-refractivity contribution in [2.45, 2.75) is 26.2 Å². The second kappa shape index (κ2) is 8.98. The summed E-state index contributed by atoms with van der Waals surface area (Å²) in [6.07, 6.45) is 3.50. The number of amides is 2. The molecule has 1 aliphatic rings. The Morgan fingerprint density at radius 3 is 2.50 bits per heavy atom. The lowest BCUT2D eigenvalue weighted by Gasteiger charge is -2.27. The number of aromatic nitrogens is 1. The molecule has 2 aromatic carbocycles. The second-order valence-corrected chi connectivity index (χ2v) is 7.28. The van der Waals surface area contributed by atoms with E-state index in [1.54, 1.807) is 30.3 Å². The number of hydrogen-bond donors (Lipinski definition) is 2. The summed E-state index contributed by atoms with van der Waals surface area (Å²) >= 11 is 0. The van der Waals surface area contributed by atoms with Gasteiger partial charge in [0.25, 0.3) is 0 Å². The van der Waals surface area contributed by atoms with Gasteiger partial charge in [-0.15, -0.1) is 0 Å². The highest BCUT2D eigenvalue weighted by Crippen LogP contribution is 2.26. The van der Waals surface area contributed by atoms with Gasteiger partial charge in [0.1, 0.15) is 17.1 Å². The Labute approximate surface area is 175 Å². The molecule has 1 aliphatic heterocycles. The summed E-state index contributed by atoms with van der Waals surface area (Å²) in [7, 11) is 0. The van der Waals surface area contributed by atoms with Crippen molar-refractivity contribution >= 4 is 34.1 Å². The number of nitrogens with zero attached hydrogens (tertiary/aromatic N) is 2. The van der Waals surface area contributed by atoms with Crippen LogP contribution in [-0.4, -0.2) is 30.7 Å². The molecule has 1 aromatic heterocycles. The smallest absolute Gasteiger partial charge is 0.323 e. The van der Waals surface area contributed by atoms with Crippen molar-refractivity contribution in [3.05, 3.63) is 54.3 Å². The molecule has 0 aliphatic carbocycles. The fourth-order valence-electron chi connectivity index (χ4n) is 3.65. The Bertz CT molecular complexity index is 1030. The maximum absolute atomic E-state index is 14.7. The third-order valence-electron chi connectivity index (χ3n) is 5.09. The number of ether oxygens (including phenoxy) is 1. The summed E-state index contributed by atoms with van der Waals surface area (Å²) in [4.78, 5) is 19.0. The van der Waals surface area contributed by atoms with Crippen LogP contribution >= 0.6 is 0 Å². The molecule has 6 nitrogen and oxygen atoms in total. The van der Waals surface area contributed by atoms with Crippen molar-refractivity contribution in [2.75, 3.05) is 35.2 Å².